The summed E-state index contributed by atoms with van der Waals surface area (Å²) in [5.41, 5.74) is 5.09. The molecule has 0 radical (unpaired) electrons. The lowest BCUT2D eigenvalue weighted by molar-refractivity contribution is 0.354. The summed E-state index contributed by atoms with van der Waals surface area (Å²) in [5.74, 6) is 0.639. The molecule has 122 valence electrons. The number of benzene rings is 1. The van der Waals surface area contributed by atoms with E-state index in [1.807, 2.05) is 0 Å². The average molecular weight is 359 g/mol. The van der Waals surface area contributed by atoms with E-state index in [2.05, 4.69) is 4.72 Å². The second-order valence-electron chi connectivity index (χ2n) is 4.95. The molecule has 0 amide bonds. The summed E-state index contributed by atoms with van der Waals surface area (Å²) < 4.78 is 37.0. The lowest BCUT2D eigenvalue weighted by Crippen LogP contribution is -2.45. The summed E-state index contributed by atoms with van der Waals surface area (Å²) in [7, 11) is -0.922. The fourth-order valence-electron chi connectivity index (χ4n) is 1.40. The number of hydrogen-bond acceptors (Lipinski definition) is 5. The molecule has 9 heteroatoms. The standard InChI is InChI=1S/C12H19ClN2O4S.ClH/c1-12(2,14)7-15-20(16,17)11-6-10(19-4)9(18-3)5-8(11)13;/h5-6,15H,7,14H2,1-4H3;1H. The number of nitrogens with two attached hydrogens (primary N) is 1. The molecule has 0 saturated carbocycles. The Balaban J connectivity index is 0.00000400. The Morgan fingerprint density at radius 2 is 1.71 bits per heavy atom. The zero-order valence-corrected chi connectivity index (χ0v) is 14.7. The van der Waals surface area contributed by atoms with Crippen LogP contribution in [0.5, 0.6) is 11.5 Å². The van der Waals surface area contributed by atoms with Gasteiger partial charge in [0.1, 0.15) is 4.90 Å². The van der Waals surface area contributed by atoms with E-state index in [1.165, 1.54) is 26.4 Å². The van der Waals surface area contributed by atoms with Crippen molar-refractivity contribution in [2.75, 3.05) is 20.8 Å². The number of methoxy groups -OCH3 is 2. The largest absolute Gasteiger partial charge is 0.493 e. The van der Waals surface area contributed by atoms with E-state index in [0.29, 0.717) is 5.75 Å². The highest BCUT2D eigenvalue weighted by Crippen LogP contribution is 2.35. The summed E-state index contributed by atoms with van der Waals surface area (Å²) in [4.78, 5) is -0.0823. The highest BCUT2D eigenvalue weighted by atomic mass is 35.5. The quantitative estimate of drug-likeness (QED) is 0.808. The lowest BCUT2D eigenvalue weighted by atomic mass is 10.1. The Hall–Kier alpha value is -0.730. The third kappa shape index (κ3) is 5.52. The molecule has 0 fully saturated rings. The van der Waals surface area contributed by atoms with Crippen molar-refractivity contribution in [2.45, 2.75) is 24.3 Å². The van der Waals surface area contributed by atoms with Crippen molar-refractivity contribution in [3.8, 4) is 11.5 Å². The molecule has 0 aliphatic carbocycles. The van der Waals surface area contributed by atoms with Crippen LogP contribution < -0.4 is 19.9 Å². The number of ether oxygens (including phenoxy) is 2. The van der Waals surface area contributed by atoms with Gasteiger partial charge in [-0.05, 0) is 13.8 Å². The topological polar surface area (TPSA) is 90.7 Å². The molecular weight excluding hydrogens is 339 g/mol. The average Bonchev–Trinajstić information content (AvgIpc) is 2.35. The molecule has 0 saturated heterocycles. The number of halogens is 2. The molecule has 0 aromatic heterocycles. The zero-order chi connectivity index (χ0) is 15.6. The van der Waals surface area contributed by atoms with Crippen LogP contribution in [0.4, 0.5) is 0 Å². The van der Waals surface area contributed by atoms with Crippen LogP contribution in [-0.2, 0) is 10.0 Å². The Bertz CT molecular complexity index is 586. The molecule has 1 aromatic rings. The molecule has 0 bridgehead atoms. The van der Waals surface area contributed by atoms with Crippen LogP contribution in [0.25, 0.3) is 0 Å². The fraction of sp³-hybridized carbons (Fsp3) is 0.500. The summed E-state index contributed by atoms with van der Waals surface area (Å²) in [6, 6.07) is 2.70. The smallest absolute Gasteiger partial charge is 0.242 e. The molecule has 0 heterocycles. The minimum Gasteiger partial charge on any atom is -0.493 e. The van der Waals surface area contributed by atoms with E-state index in [1.54, 1.807) is 13.8 Å². The van der Waals surface area contributed by atoms with Crippen molar-refractivity contribution in [1.29, 1.82) is 0 Å². The van der Waals surface area contributed by atoms with Crippen LogP contribution in [0, 0.1) is 0 Å². The maximum absolute atomic E-state index is 12.2. The van der Waals surface area contributed by atoms with Gasteiger partial charge in [0.2, 0.25) is 10.0 Å². The van der Waals surface area contributed by atoms with Crippen molar-refractivity contribution in [2.24, 2.45) is 5.73 Å². The predicted molar refractivity (Wildman–Crippen MR) is 85.3 cm³/mol. The van der Waals surface area contributed by atoms with Crippen molar-refractivity contribution >= 4 is 34.0 Å². The van der Waals surface area contributed by atoms with Crippen molar-refractivity contribution < 1.29 is 17.9 Å². The third-order valence-electron chi connectivity index (χ3n) is 2.45. The molecule has 0 aliphatic rings. The highest BCUT2D eigenvalue weighted by molar-refractivity contribution is 7.89. The Labute approximate surface area is 136 Å². The van der Waals surface area contributed by atoms with Crippen molar-refractivity contribution in [3.05, 3.63) is 17.2 Å². The van der Waals surface area contributed by atoms with E-state index >= 15 is 0 Å². The molecule has 0 spiro atoms. The van der Waals surface area contributed by atoms with E-state index in [-0.39, 0.29) is 34.6 Å². The Morgan fingerprint density at radius 3 is 2.14 bits per heavy atom. The van der Waals surface area contributed by atoms with Crippen molar-refractivity contribution in [1.82, 2.24) is 4.72 Å². The molecule has 0 atom stereocenters. The minimum absolute atomic E-state index is 0. The van der Waals surface area contributed by atoms with Crippen LogP contribution in [-0.4, -0.2) is 34.7 Å². The first-order valence-electron chi connectivity index (χ1n) is 5.81. The van der Waals surface area contributed by atoms with E-state index in [4.69, 9.17) is 26.8 Å². The molecule has 1 aromatic carbocycles. The number of rotatable bonds is 6. The molecular formula is C12H20Cl2N2O4S. The van der Waals surface area contributed by atoms with Crippen LogP contribution in [0.15, 0.2) is 17.0 Å². The number of nitrogens with one attached hydrogen (secondary N) is 1. The van der Waals surface area contributed by atoms with Gasteiger partial charge in [-0.25, -0.2) is 13.1 Å². The Morgan fingerprint density at radius 1 is 1.24 bits per heavy atom. The van der Waals surface area contributed by atoms with Crippen LogP contribution >= 0.6 is 24.0 Å². The third-order valence-corrected chi connectivity index (χ3v) is 4.31. The van der Waals surface area contributed by atoms with Gasteiger partial charge in [0, 0.05) is 24.2 Å². The molecule has 0 aliphatic heterocycles. The first kappa shape index (κ1) is 20.3. The fourth-order valence-corrected chi connectivity index (χ4v) is 3.15. The van der Waals surface area contributed by atoms with Gasteiger partial charge in [-0.1, -0.05) is 11.6 Å². The van der Waals surface area contributed by atoms with Gasteiger partial charge < -0.3 is 15.2 Å². The second-order valence-corrected chi connectivity index (χ2v) is 7.09. The lowest BCUT2D eigenvalue weighted by Gasteiger charge is -2.19. The van der Waals surface area contributed by atoms with E-state index in [9.17, 15) is 8.42 Å². The van der Waals surface area contributed by atoms with Gasteiger partial charge in [-0.3, -0.25) is 0 Å². The van der Waals surface area contributed by atoms with Crippen molar-refractivity contribution in [3.63, 3.8) is 0 Å². The van der Waals surface area contributed by atoms with Gasteiger partial charge >= 0.3 is 0 Å². The maximum Gasteiger partial charge on any atom is 0.242 e. The summed E-state index contributed by atoms with van der Waals surface area (Å²) in [6.07, 6.45) is 0. The van der Waals surface area contributed by atoms with E-state index < -0.39 is 15.6 Å². The monoisotopic (exact) mass is 358 g/mol. The number of hydrogen-bond donors (Lipinski definition) is 2. The van der Waals surface area contributed by atoms with Crippen LogP contribution in [0.3, 0.4) is 0 Å². The highest BCUT2D eigenvalue weighted by Gasteiger charge is 2.23. The predicted octanol–water partition coefficient (Wildman–Crippen LogP) is 1.79. The van der Waals surface area contributed by atoms with Gasteiger partial charge in [0.05, 0.1) is 19.2 Å². The molecule has 0 unspecified atom stereocenters. The van der Waals surface area contributed by atoms with Crippen LogP contribution in [0.2, 0.25) is 5.02 Å². The Kier molecular flexibility index (Phi) is 7.25. The van der Waals surface area contributed by atoms with E-state index in [0.717, 1.165) is 0 Å². The zero-order valence-electron chi connectivity index (χ0n) is 12.3. The molecule has 6 nitrogen and oxygen atoms in total. The maximum atomic E-state index is 12.2. The SMILES string of the molecule is COc1cc(Cl)c(S(=O)(=O)NCC(C)(C)N)cc1OC.Cl. The molecule has 3 N–H and O–H groups in total. The normalized spacial score (nSPS) is 11.7. The number of sulfonamides is 1. The van der Waals surface area contributed by atoms with Gasteiger partial charge in [0.15, 0.2) is 11.5 Å². The van der Waals surface area contributed by atoms with Gasteiger partial charge in [-0.2, -0.15) is 0 Å². The van der Waals surface area contributed by atoms with Gasteiger partial charge in [-0.15, -0.1) is 12.4 Å². The first-order chi connectivity index (χ1) is 9.10. The molecule has 1 rings (SSSR count). The summed E-state index contributed by atoms with van der Waals surface area (Å²) in [6.45, 7) is 3.51. The second kappa shape index (κ2) is 7.51. The summed E-state index contributed by atoms with van der Waals surface area (Å²) >= 11 is 5.99. The minimum atomic E-state index is -3.78. The first-order valence-corrected chi connectivity index (χ1v) is 7.67. The summed E-state index contributed by atoms with van der Waals surface area (Å²) in [5, 5.41) is 0.0463. The molecule has 21 heavy (non-hydrogen) atoms. The van der Waals surface area contributed by atoms with Crippen LogP contribution in [0.1, 0.15) is 13.8 Å². The van der Waals surface area contributed by atoms with Gasteiger partial charge in [0.25, 0.3) is 0 Å².